The van der Waals surface area contributed by atoms with Crippen LogP contribution in [0, 0.1) is 0 Å². The molecule has 2 unspecified atom stereocenters. The van der Waals surface area contributed by atoms with Gasteiger partial charge in [0.1, 0.15) is 5.75 Å². The van der Waals surface area contributed by atoms with Crippen molar-refractivity contribution in [1.29, 1.82) is 0 Å². The van der Waals surface area contributed by atoms with Gasteiger partial charge in [0.15, 0.2) is 0 Å². The molecule has 0 aromatic heterocycles. The number of nitrogens with zero attached hydrogens (tertiary/aromatic N) is 2. The van der Waals surface area contributed by atoms with Crippen molar-refractivity contribution in [3.8, 4) is 5.75 Å². The van der Waals surface area contributed by atoms with Gasteiger partial charge in [0.05, 0.1) is 18.3 Å². The summed E-state index contributed by atoms with van der Waals surface area (Å²) in [6.07, 6.45) is 1.65. The van der Waals surface area contributed by atoms with Crippen molar-refractivity contribution < 1.29 is 9.53 Å². The molecular weight excluding hydrogens is 280 g/mol. The first kappa shape index (κ1) is 15.3. The lowest BCUT2D eigenvalue weighted by molar-refractivity contribution is -0.126. The number of anilines is 1. The van der Waals surface area contributed by atoms with Crippen LogP contribution in [0.2, 0.25) is 0 Å². The molecule has 6 heteroatoms. The number of nitrogens with two attached hydrogens (primary N) is 2. The third kappa shape index (κ3) is 2.95. The number of benzene rings is 1. The van der Waals surface area contributed by atoms with Gasteiger partial charge < -0.3 is 21.1 Å². The van der Waals surface area contributed by atoms with Crippen LogP contribution in [0.4, 0.5) is 5.69 Å². The van der Waals surface area contributed by atoms with Gasteiger partial charge >= 0.3 is 0 Å². The third-order valence-electron chi connectivity index (χ3n) is 4.41. The number of fused-ring (bicyclic) bond motifs is 4. The molecule has 22 heavy (non-hydrogen) atoms. The Bertz CT molecular complexity index is 537. The highest BCUT2D eigenvalue weighted by Crippen LogP contribution is 2.32. The van der Waals surface area contributed by atoms with Crippen LogP contribution in [0.15, 0.2) is 24.3 Å². The standard InChI is InChI=1S/C16H24N4O2/c17-10-12(18)11-19-7-8-20-13-4-1-2-6-15(13)22-9-3-5-14(19)16(20)21/h1-2,4,6,12,14H,3,5,7-11,17-18H2. The lowest BCUT2D eigenvalue weighted by Gasteiger charge is -2.41. The van der Waals surface area contributed by atoms with Crippen molar-refractivity contribution in [3.63, 3.8) is 0 Å². The minimum Gasteiger partial charge on any atom is -0.491 e. The molecule has 2 aliphatic heterocycles. The predicted molar refractivity (Wildman–Crippen MR) is 85.9 cm³/mol. The number of piperazine rings is 1. The van der Waals surface area contributed by atoms with Crippen LogP contribution in [0.5, 0.6) is 5.75 Å². The molecule has 3 rings (SSSR count). The zero-order valence-corrected chi connectivity index (χ0v) is 12.8. The number of ether oxygens (including phenoxy) is 1. The topological polar surface area (TPSA) is 84.8 Å². The first-order valence-electron chi connectivity index (χ1n) is 7.93. The lowest BCUT2D eigenvalue weighted by Crippen LogP contribution is -2.59. The summed E-state index contributed by atoms with van der Waals surface area (Å²) in [6, 6.07) is 7.56. The average molecular weight is 304 g/mol. The summed E-state index contributed by atoms with van der Waals surface area (Å²) in [7, 11) is 0. The SMILES string of the molecule is NCC(N)CN1CCN2C(=O)C1CCCOc1ccccc12. The quantitative estimate of drug-likeness (QED) is 0.831. The van der Waals surface area contributed by atoms with Crippen molar-refractivity contribution in [1.82, 2.24) is 4.90 Å². The molecule has 1 saturated heterocycles. The van der Waals surface area contributed by atoms with Crippen LogP contribution >= 0.6 is 0 Å². The maximum atomic E-state index is 12.9. The number of hydrogen-bond donors (Lipinski definition) is 2. The summed E-state index contributed by atoms with van der Waals surface area (Å²) in [5.41, 5.74) is 12.5. The minimum absolute atomic E-state index is 0.0875. The van der Waals surface area contributed by atoms with Gasteiger partial charge in [-0.05, 0) is 25.0 Å². The highest BCUT2D eigenvalue weighted by atomic mass is 16.5. The first-order chi connectivity index (χ1) is 10.7. The molecule has 4 N–H and O–H groups in total. The minimum atomic E-state index is -0.124. The fraction of sp³-hybridized carbons (Fsp3) is 0.562. The van der Waals surface area contributed by atoms with Crippen molar-refractivity contribution in [2.45, 2.75) is 24.9 Å². The molecule has 1 aromatic rings. The average Bonchev–Trinajstić information content (AvgIpc) is 2.57. The van der Waals surface area contributed by atoms with Gasteiger partial charge in [0.25, 0.3) is 0 Å². The number of carbonyl (C=O) groups is 1. The van der Waals surface area contributed by atoms with Gasteiger partial charge in [0, 0.05) is 32.2 Å². The zero-order valence-electron chi connectivity index (χ0n) is 12.8. The van der Waals surface area contributed by atoms with E-state index in [9.17, 15) is 4.79 Å². The lowest BCUT2D eigenvalue weighted by atomic mass is 10.0. The van der Waals surface area contributed by atoms with Crippen molar-refractivity contribution in [2.75, 3.05) is 37.7 Å². The van der Waals surface area contributed by atoms with E-state index in [1.165, 1.54) is 0 Å². The Balaban J connectivity index is 1.87. The molecule has 0 aliphatic carbocycles. The van der Waals surface area contributed by atoms with Crippen LogP contribution in [0.1, 0.15) is 12.8 Å². The maximum Gasteiger partial charge on any atom is 0.244 e. The summed E-state index contributed by atoms with van der Waals surface area (Å²) in [5.74, 6) is 0.942. The van der Waals surface area contributed by atoms with E-state index in [0.717, 1.165) is 30.8 Å². The molecule has 1 fully saturated rings. The Labute approximate surface area is 131 Å². The van der Waals surface area contributed by atoms with E-state index in [1.807, 2.05) is 29.2 Å². The molecule has 120 valence electrons. The Morgan fingerprint density at radius 1 is 1.32 bits per heavy atom. The maximum absolute atomic E-state index is 12.9. The van der Waals surface area contributed by atoms with E-state index < -0.39 is 0 Å². The summed E-state index contributed by atoms with van der Waals surface area (Å²) in [4.78, 5) is 17.0. The Morgan fingerprint density at radius 2 is 2.14 bits per heavy atom. The summed E-state index contributed by atoms with van der Waals surface area (Å²) < 4.78 is 5.85. The molecule has 0 radical (unpaired) electrons. The second-order valence-electron chi connectivity index (χ2n) is 5.95. The van der Waals surface area contributed by atoms with Crippen LogP contribution in [-0.4, -0.2) is 55.7 Å². The Morgan fingerprint density at radius 3 is 2.95 bits per heavy atom. The van der Waals surface area contributed by atoms with E-state index in [2.05, 4.69) is 4.90 Å². The van der Waals surface area contributed by atoms with Gasteiger partial charge in [-0.15, -0.1) is 0 Å². The smallest absolute Gasteiger partial charge is 0.244 e. The molecule has 0 spiro atoms. The van der Waals surface area contributed by atoms with Gasteiger partial charge in [-0.2, -0.15) is 0 Å². The summed E-state index contributed by atoms with van der Waals surface area (Å²) in [5, 5.41) is 0. The van der Waals surface area contributed by atoms with Gasteiger partial charge in [-0.25, -0.2) is 0 Å². The fourth-order valence-electron chi connectivity index (χ4n) is 3.23. The van der Waals surface area contributed by atoms with E-state index in [0.29, 0.717) is 26.2 Å². The highest BCUT2D eigenvalue weighted by Gasteiger charge is 2.37. The molecule has 2 heterocycles. The van der Waals surface area contributed by atoms with Crippen LogP contribution in [0.3, 0.4) is 0 Å². The molecule has 6 nitrogen and oxygen atoms in total. The number of carbonyl (C=O) groups excluding carboxylic acids is 1. The first-order valence-corrected chi connectivity index (χ1v) is 7.93. The molecule has 2 bridgehead atoms. The molecule has 1 aromatic carbocycles. The van der Waals surface area contributed by atoms with E-state index >= 15 is 0 Å². The molecule has 1 amide bonds. The van der Waals surface area contributed by atoms with Gasteiger partial charge in [-0.1, -0.05) is 12.1 Å². The van der Waals surface area contributed by atoms with Gasteiger partial charge in [0.2, 0.25) is 5.91 Å². The number of rotatable bonds is 3. The normalized spacial score (nSPS) is 23.8. The zero-order chi connectivity index (χ0) is 15.5. The largest absolute Gasteiger partial charge is 0.491 e. The molecular formula is C16H24N4O2. The van der Waals surface area contributed by atoms with E-state index in [1.54, 1.807) is 0 Å². The summed E-state index contributed by atoms with van der Waals surface area (Å²) in [6.45, 7) is 3.22. The second kappa shape index (κ2) is 6.64. The molecule has 2 aliphatic rings. The Kier molecular flexibility index (Phi) is 4.61. The van der Waals surface area contributed by atoms with Crippen molar-refractivity contribution in [2.24, 2.45) is 11.5 Å². The highest BCUT2D eigenvalue weighted by molar-refractivity contribution is 5.99. The monoisotopic (exact) mass is 304 g/mol. The van der Waals surface area contributed by atoms with Crippen LogP contribution < -0.4 is 21.1 Å². The van der Waals surface area contributed by atoms with Crippen molar-refractivity contribution >= 4 is 11.6 Å². The van der Waals surface area contributed by atoms with Crippen LogP contribution in [0.25, 0.3) is 0 Å². The molecule has 0 saturated carbocycles. The van der Waals surface area contributed by atoms with Crippen LogP contribution in [-0.2, 0) is 4.79 Å². The van der Waals surface area contributed by atoms with Gasteiger partial charge in [-0.3, -0.25) is 9.69 Å². The molecule has 2 atom stereocenters. The Hall–Kier alpha value is -1.63. The number of amides is 1. The fourth-order valence-corrected chi connectivity index (χ4v) is 3.23. The van der Waals surface area contributed by atoms with E-state index in [4.69, 9.17) is 16.2 Å². The second-order valence-corrected chi connectivity index (χ2v) is 5.95. The predicted octanol–water partition coefficient (Wildman–Crippen LogP) is 0.162. The summed E-state index contributed by atoms with van der Waals surface area (Å²) >= 11 is 0. The third-order valence-corrected chi connectivity index (χ3v) is 4.41. The van der Waals surface area contributed by atoms with E-state index in [-0.39, 0.29) is 18.0 Å². The van der Waals surface area contributed by atoms with Crippen molar-refractivity contribution in [3.05, 3.63) is 24.3 Å². The number of hydrogen-bond acceptors (Lipinski definition) is 5. The number of para-hydroxylation sites is 2.